The maximum Gasteiger partial charge on any atom is 0.229 e. The molecule has 2 heterocycles. The van der Waals surface area contributed by atoms with E-state index < -0.39 is 0 Å². The van der Waals surface area contributed by atoms with Gasteiger partial charge in [-0.25, -0.2) is 4.98 Å². The summed E-state index contributed by atoms with van der Waals surface area (Å²) in [4.78, 5) is 13.6. The monoisotopic (exact) mass is 343 g/mol. The maximum absolute atomic E-state index is 4.65. The van der Waals surface area contributed by atoms with E-state index in [0.717, 1.165) is 34.9 Å². The number of fused-ring (bicyclic) bond motifs is 1. The Kier molecular flexibility index (Phi) is 4.13. The number of aryl methyl sites for hydroxylation is 2. The number of rotatable bonds is 4. The molecule has 0 atom stereocenters. The SMILES string of the molecule is CNc1cc(C)nc(Nc2ccc(C)c(-c3cc4c(cn3)C=CC4)c2)n1. The predicted molar refractivity (Wildman–Crippen MR) is 107 cm³/mol. The van der Waals surface area contributed by atoms with E-state index in [1.54, 1.807) is 0 Å². The molecule has 0 amide bonds. The van der Waals surface area contributed by atoms with Gasteiger partial charge in [0.25, 0.3) is 0 Å². The van der Waals surface area contributed by atoms with Crippen LogP contribution in [0.3, 0.4) is 0 Å². The molecule has 0 radical (unpaired) electrons. The fraction of sp³-hybridized carbons (Fsp3) is 0.190. The zero-order valence-corrected chi connectivity index (χ0v) is 15.2. The summed E-state index contributed by atoms with van der Waals surface area (Å²) in [7, 11) is 1.85. The summed E-state index contributed by atoms with van der Waals surface area (Å²) < 4.78 is 0. The van der Waals surface area contributed by atoms with Gasteiger partial charge >= 0.3 is 0 Å². The molecule has 0 spiro atoms. The van der Waals surface area contributed by atoms with Crippen molar-refractivity contribution >= 4 is 23.5 Å². The number of allylic oxidation sites excluding steroid dienone is 1. The van der Waals surface area contributed by atoms with Gasteiger partial charge in [0, 0.05) is 36.3 Å². The lowest BCUT2D eigenvalue weighted by Crippen LogP contribution is -2.02. The molecule has 5 heteroatoms. The van der Waals surface area contributed by atoms with Gasteiger partial charge in [-0.05, 0) is 55.2 Å². The molecule has 1 aromatic carbocycles. The Hall–Kier alpha value is -3.21. The van der Waals surface area contributed by atoms with Gasteiger partial charge in [-0.2, -0.15) is 4.98 Å². The number of anilines is 3. The largest absolute Gasteiger partial charge is 0.373 e. The summed E-state index contributed by atoms with van der Waals surface area (Å²) in [5.41, 5.74) is 7.70. The second kappa shape index (κ2) is 6.59. The molecule has 4 rings (SSSR count). The highest BCUT2D eigenvalue weighted by Gasteiger charge is 2.11. The number of pyridine rings is 1. The minimum absolute atomic E-state index is 0.579. The highest BCUT2D eigenvalue weighted by Crippen LogP contribution is 2.29. The Labute approximate surface area is 153 Å². The molecular weight excluding hydrogens is 322 g/mol. The quantitative estimate of drug-likeness (QED) is 0.730. The van der Waals surface area contributed by atoms with Crippen LogP contribution >= 0.6 is 0 Å². The van der Waals surface area contributed by atoms with E-state index in [-0.39, 0.29) is 0 Å². The van der Waals surface area contributed by atoms with E-state index >= 15 is 0 Å². The Bertz CT molecular complexity index is 1010. The molecule has 26 heavy (non-hydrogen) atoms. The van der Waals surface area contributed by atoms with Crippen LogP contribution in [0.15, 0.2) is 42.6 Å². The minimum atomic E-state index is 0.579. The number of hydrogen-bond acceptors (Lipinski definition) is 5. The summed E-state index contributed by atoms with van der Waals surface area (Å²) in [6.07, 6.45) is 7.24. The van der Waals surface area contributed by atoms with Crippen molar-refractivity contribution in [2.45, 2.75) is 20.3 Å². The Balaban J connectivity index is 1.68. The molecule has 130 valence electrons. The molecule has 0 saturated carbocycles. The van der Waals surface area contributed by atoms with Gasteiger partial charge in [-0.1, -0.05) is 18.2 Å². The number of nitrogens with one attached hydrogen (secondary N) is 2. The van der Waals surface area contributed by atoms with E-state index in [1.807, 2.05) is 32.3 Å². The predicted octanol–water partition coefficient (Wildman–Crippen LogP) is 4.51. The molecule has 5 nitrogen and oxygen atoms in total. The van der Waals surface area contributed by atoms with Crippen LogP contribution < -0.4 is 10.6 Å². The van der Waals surface area contributed by atoms with Gasteiger partial charge in [0.1, 0.15) is 5.82 Å². The average Bonchev–Trinajstić information content (AvgIpc) is 3.10. The Morgan fingerprint density at radius 3 is 2.77 bits per heavy atom. The van der Waals surface area contributed by atoms with Crippen LogP contribution in [0.5, 0.6) is 0 Å². The minimum Gasteiger partial charge on any atom is -0.373 e. The van der Waals surface area contributed by atoms with Crippen molar-refractivity contribution in [1.29, 1.82) is 0 Å². The summed E-state index contributed by atoms with van der Waals surface area (Å²) in [6.45, 7) is 4.06. The number of hydrogen-bond donors (Lipinski definition) is 2. The Morgan fingerprint density at radius 1 is 1.04 bits per heavy atom. The standard InChI is InChI=1S/C21H21N5/c1-13-7-8-17(25-21-24-14(2)9-20(22-3)26-21)11-18(13)19-10-15-5-4-6-16(15)12-23-19/h4,6-12H,5H2,1-3H3,(H2,22,24,25,26). The topological polar surface area (TPSA) is 62.7 Å². The summed E-state index contributed by atoms with van der Waals surface area (Å²) in [6, 6.07) is 10.3. The van der Waals surface area contributed by atoms with Crippen molar-refractivity contribution in [2.24, 2.45) is 0 Å². The fourth-order valence-electron chi connectivity index (χ4n) is 3.15. The molecule has 1 aliphatic carbocycles. The van der Waals surface area contributed by atoms with Crippen LogP contribution in [0.4, 0.5) is 17.5 Å². The number of nitrogens with zero attached hydrogens (tertiary/aromatic N) is 3. The van der Waals surface area contributed by atoms with Crippen molar-refractivity contribution in [3.63, 3.8) is 0 Å². The average molecular weight is 343 g/mol. The zero-order valence-electron chi connectivity index (χ0n) is 15.2. The third-order valence-corrected chi connectivity index (χ3v) is 4.54. The second-order valence-corrected chi connectivity index (χ2v) is 6.50. The van der Waals surface area contributed by atoms with Crippen LogP contribution in [-0.2, 0) is 6.42 Å². The summed E-state index contributed by atoms with van der Waals surface area (Å²) in [5, 5.41) is 6.36. The number of aromatic nitrogens is 3. The summed E-state index contributed by atoms with van der Waals surface area (Å²) in [5.74, 6) is 1.37. The zero-order chi connectivity index (χ0) is 18.1. The van der Waals surface area contributed by atoms with E-state index in [2.05, 4.69) is 62.9 Å². The van der Waals surface area contributed by atoms with Gasteiger partial charge in [0.05, 0.1) is 5.69 Å². The smallest absolute Gasteiger partial charge is 0.229 e. The molecule has 2 aromatic heterocycles. The highest BCUT2D eigenvalue weighted by molar-refractivity contribution is 5.73. The van der Waals surface area contributed by atoms with E-state index in [9.17, 15) is 0 Å². The van der Waals surface area contributed by atoms with Gasteiger partial charge < -0.3 is 10.6 Å². The van der Waals surface area contributed by atoms with Crippen molar-refractivity contribution in [1.82, 2.24) is 15.0 Å². The van der Waals surface area contributed by atoms with Crippen molar-refractivity contribution < 1.29 is 0 Å². The molecular formula is C21H21N5. The van der Waals surface area contributed by atoms with Crippen LogP contribution in [0.2, 0.25) is 0 Å². The van der Waals surface area contributed by atoms with E-state index in [0.29, 0.717) is 5.95 Å². The van der Waals surface area contributed by atoms with Gasteiger partial charge in [-0.3, -0.25) is 4.98 Å². The van der Waals surface area contributed by atoms with Gasteiger partial charge in [0.15, 0.2) is 0 Å². The van der Waals surface area contributed by atoms with Crippen molar-refractivity contribution in [3.05, 3.63) is 65.0 Å². The van der Waals surface area contributed by atoms with Gasteiger partial charge in [-0.15, -0.1) is 0 Å². The van der Waals surface area contributed by atoms with Gasteiger partial charge in [0.2, 0.25) is 5.95 Å². The first-order valence-electron chi connectivity index (χ1n) is 8.69. The van der Waals surface area contributed by atoms with E-state index in [1.165, 1.54) is 16.7 Å². The first-order valence-corrected chi connectivity index (χ1v) is 8.69. The maximum atomic E-state index is 4.65. The molecule has 2 N–H and O–H groups in total. The highest BCUT2D eigenvalue weighted by atomic mass is 15.1. The third-order valence-electron chi connectivity index (χ3n) is 4.54. The van der Waals surface area contributed by atoms with Crippen LogP contribution in [0.1, 0.15) is 22.4 Å². The third kappa shape index (κ3) is 3.16. The molecule has 0 aliphatic heterocycles. The van der Waals surface area contributed by atoms with Crippen LogP contribution in [0.25, 0.3) is 17.3 Å². The molecule has 0 fully saturated rings. The molecule has 0 saturated heterocycles. The van der Waals surface area contributed by atoms with E-state index in [4.69, 9.17) is 0 Å². The Morgan fingerprint density at radius 2 is 1.92 bits per heavy atom. The first-order chi connectivity index (χ1) is 12.6. The molecule has 1 aliphatic rings. The fourth-order valence-corrected chi connectivity index (χ4v) is 3.15. The normalized spacial score (nSPS) is 12.1. The molecule has 0 unspecified atom stereocenters. The van der Waals surface area contributed by atoms with Crippen LogP contribution in [-0.4, -0.2) is 22.0 Å². The lowest BCUT2D eigenvalue weighted by molar-refractivity contribution is 1.10. The molecule has 3 aromatic rings. The lowest BCUT2D eigenvalue weighted by Gasteiger charge is -2.12. The van der Waals surface area contributed by atoms with Crippen LogP contribution in [0, 0.1) is 13.8 Å². The number of benzene rings is 1. The first kappa shape index (κ1) is 16.3. The van der Waals surface area contributed by atoms with Crippen molar-refractivity contribution in [3.8, 4) is 11.3 Å². The lowest BCUT2D eigenvalue weighted by atomic mass is 10.0. The molecule has 0 bridgehead atoms. The second-order valence-electron chi connectivity index (χ2n) is 6.50. The van der Waals surface area contributed by atoms with Crippen molar-refractivity contribution in [2.75, 3.05) is 17.7 Å². The summed E-state index contributed by atoms with van der Waals surface area (Å²) >= 11 is 0.